The van der Waals surface area contributed by atoms with Gasteiger partial charge in [0.05, 0.1) is 0 Å². The summed E-state index contributed by atoms with van der Waals surface area (Å²) in [5.41, 5.74) is 13.4. The van der Waals surface area contributed by atoms with E-state index < -0.39 is 0 Å². The molecule has 5 N–H and O–H groups in total. The van der Waals surface area contributed by atoms with E-state index in [0.717, 1.165) is 6.54 Å². The molecule has 0 aliphatic carbocycles. The highest BCUT2D eigenvalue weighted by molar-refractivity contribution is 4.19. The second-order valence-corrected chi connectivity index (χ2v) is 1.16. The van der Waals surface area contributed by atoms with Crippen molar-refractivity contribution in [3.63, 3.8) is 0 Å². The van der Waals surface area contributed by atoms with Crippen LogP contribution in [0.5, 0.6) is 0 Å². The first-order valence-electron chi connectivity index (χ1n) is 2.56. The SMILES string of the molecule is CCNNNNNC. The maximum Gasteiger partial charge on any atom is 0.00850 e. The van der Waals surface area contributed by atoms with Crippen LogP contribution in [0.25, 0.3) is 0 Å². The fraction of sp³-hybridized carbons (Fsp3) is 1.00. The van der Waals surface area contributed by atoms with Crippen molar-refractivity contribution in [2.24, 2.45) is 0 Å². The average Bonchev–Trinajstić information content (AvgIpc) is 1.81. The molecular formula is C3H13N5. The van der Waals surface area contributed by atoms with Gasteiger partial charge in [-0.05, 0) is 7.05 Å². The van der Waals surface area contributed by atoms with Crippen LogP contribution in [-0.2, 0) is 0 Å². The van der Waals surface area contributed by atoms with Gasteiger partial charge in [0.1, 0.15) is 0 Å². The fourth-order valence-corrected chi connectivity index (χ4v) is 0.226. The Hall–Kier alpha value is -0.200. The van der Waals surface area contributed by atoms with Gasteiger partial charge in [0.15, 0.2) is 0 Å². The van der Waals surface area contributed by atoms with Crippen LogP contribution >= 0.6 is 0 Å². The molecule has 0 fully saturated rings. The summed E-state index contributed by atoms with van der Waals surface area (Å²) in [5.74, 6) is 0. The first-order chi connectivity index (χ1) is 3.91. The number of hydrazine groups is 4. The highest BCUT2D eigenvalue weighted by atomic mass is 15.8. The van der Waals surface area contributed by atoms with Crippen LogP contribution in [0, 0.1) is 0 Å². The van der Waals surface area contributed by atoms with Gasteiger partial charge < -0.3 is 0 Å². The van der Waals surface area contributed by atoms with E-state index in [-0.39, 0.29) is 0 Å². The monoisotopic (exact) mass is 119 g/mol. The lowest BCUT2D eigenvalue weighted by molar-refractivity contribution is 0.345. The summed E-state index contributed by atoms with van der Waals surface area (Å²) in [4.78, 5) is 0. The van der Waals surface area contributed by atoms with E-state index >= 15 is 0 Å². The Balaban J connectivity index is 2.53. The number of rotatable bonds is 5. The molecule has 0 aromatic heterocycles. The molecule has 0 spiro atoms. The molecule has 0 heterocycles. The Kier molecular flexibility index (Phi) is 6.63. The van der Waals surface area contributed by atoms with Gasteiger partial charge >= 0.3 is 0 Å². The molecule has 0 aromatic carbocycles. The Morgan fingerprint density at radius 2 is 1.88 bits per heavy atom. The molecule has 50 valence electrons. The minimum Gasteiger partial charge on any atom is -0.246 e. The molecule has 0 amide bonds. The molecule has 0 aromatic rings. The summed E-state index contributed by atoms with van der Waals surface area (Å²) in [6.07, 6.45) is 0. The smallest absolute Gasteiger partial charge is 0.00850 e. The molecule has 5 nitrogen and oxygen atoms in total. The first-order valence-corrected chi connectivity index (χ1v) is 2.56. The summed E-state index contributed by atoms with van der Waals surface area (Å²) in [5, 5.41) is 0. The zero-order valence-corrected chi connectivity index (χ0v) is 5.21. The maximum absolute atomic E-state index is 2.82. The Morgan fingerprint density at radius 3 is 2.38 bits per heavy atom. The van der Waals surface area contributed by atoms with Crippen molar-refractivity contribution in [3.8, 4) is 0 Å². The zero-order chi connectivity index (χ0) is 6.24. The molecular weight excluding hydrogens is 106 g/mol. The van der Waals surface area contributed by atoms with Crippen LogP contribution in [0.15, 0.2) is 0 Å². The Morgan fingerprint density at radius 1 is 1.12 bits per heavy atom. The van der Waals surface area contributed by atoms with Crippen molar-refractivity contribution >= 4 is 0 Å². The van der Waals surface area contributed by atoms with Crippen molar-refractivity contribution in [1.82, 2.24) is 27.5 Å². The lowest BCUT2D eigenvalue weighted by Gasteiger charge is -2.05. The molecule has 8 heavy (non-hydrogen) atoms. The summed E-state index contributed by atoms with van der Waals surface area (Å²) in [6, 6.07) is 0. The maximum atomic E-state index is 2.82. The molecule has 0 saturated carbocycles. The van der Waals surface area contributed by atoms with Gasteiger partial charge in [-0.25, -0.2) is 10.9 Å². The summed E-state index contributed by atoms with van der Waals surface area (Å²) in [7, 11) is 1.76. The van der Waals surface area contributed by atoms with E-state index in [2.05, 4.69) is 27.5 Å². The topological polar surface area (TPSA) is 60.1 Å². The van der Waals surface area contributed by atoms with Crippen molar-refractivity contribution in [2.75, 3.05) is 13.6 Å². The van der Waals surface area contributed by atoms with Crippen LogP contribution in [0.2, 0.25) is 0 Å². The van der Waals surface area contributed by atoms with Crippen LogP contribution in [0.1, 0.15) is 6.92 Å². The first kappa shape index (κ1) is 7.80. The predicted molar refractivity (Wildman–Crippen MR) is 32.1 cm³/mol. The van der Waals surface area contributed by atoms with Gasteiger partial charge in [-0.15, -0.1) is 0 Å². The molecule has 0 unspecified atom stereocenters. The van der Waals surface area contributed by atoms with E-state index in [1.807, 2.05) is 6.92 Å². The largest absolute Gasteiger partial charge is 0.246 e. The van der Waals surface area contributed by atoms with E-state index in [9.17, 15) is 0 Å². The molecule has 0 aliphatic heterocycles. The van der Waals surface area contributed by atoms with E-state index in [1.165, 1.54) is 0 Å². The highest BCUT2D eigenvalue weighted by Gasteiger charge is 1.72. The standard InChI is InChI=1S/C3H13N5/c1-3-5-7-8-6-4-2/h4-8H,3H2,1-2H3. The minimum absolute atomic E-state index is 0.873. The van der Waals surface area contributed by atoms with Crippen molar-refractivity contribution in [1.29, 1.82) is 0 Å². The second kappa shape index (κ2) is 6.80. The Bertz CT molecular complexity index is 32.7. The fourth-order valence-electron chi connectivity index (χ4n) is 0.226. The summed E-state index contributed by atoms with van der Waals surface area (Å²) < 4.78 is 0. The highest BCUT2D eigenvalue weighted by Crippen LogP contribution is 1.37. The third kappa shape index (κ3) is 5.80. The van der Waals surface area contributed by atoms with Crippen LogP contribution < -0.4 is 27.5 Å². The predicted octanol–water partition coefficient (Wildman–Crippen LogP) is -1.76. The summed E-state index contributed by atoms with van der Waals surface area (Å²) in [6.45, 7) is 2.87. The van der Waals surface area contributed by atoms with Crippen LogP contribution in [0.4, 0.5) is 0 Å². The quantitative estimate of drug-likeness (QED) is 0.219. The van der Waals surface area contributed by atoms with Gasteiger partial charge in [-0.1, -0.05) is 6.92 Å². The second-order valence-electron chi connectivity index (χ2n) is 1.16. The molecule has 0 atom stereocenters. The summed E-state index contributed by atoms with van der Waals surface area (Å²) >= 11 is 0. The normalized spacial score (nSPS) is 9.75. The number of hydrogen-bond acceptors (Lipinski definition) is 5. The lowest BCUT2D eigenvalue weighted by atomic mass is 10.8. The van der Waals surface area contributed by atoms with E-state index in [1.54, 1.807) is 7.05 Å². The third-order valence-electron chi connectivity index (χ3n) is 0.515. The van der Waals surface area contributed by atoms with Crippen molar-refractivity contribution in [3.05, 3.63) is 0 Å². The van der Waals surface area contributed by atoms with Crippen LogP contribution in [-0.4, -0.2) is 13.6 Å². The van der Waals surface area contributed by atoms with E-state index in [4.69, 9.17) is 0 Å². The number of nitrogens with one attached hydrogen (secondary N) is 5. The van der Waals surface area contributed by atoms with Gasteiger partial charge in [-0.3, -0.25) is 0 Å². The lowest BCUT2D eigenvalue weighted by Crippen LogP contribution is -2.54. The molecule has 0 rings (SSSR count). The molecule has 0 radical (unpaired) electrons. The van der Waals surface area contributed by atoms with Crippen molar-refractivity contribution in [2.45, 2.75) is 6.92 Å². The third-order valence-corrected chi connectivity index (χ3v) is 0.515. The minimum atomic E-state index is 0.873. The van der Waals surface area contributed by atoms with Gasteiger partial charge in [0, 0.05) is 6.54 Å². The van der Waals surface area contributed by atoms with Gasteiger partial charge in [-0.2, -0.15) is 16.6 Å². The van der Waals surface area contributed by atoms with Gasteiger partial charge in [0.2, 0.25) is 0 Å². The van der Waals surface area contributed by atoms with Crippen LogP contribution in [0.3, 0.4) is 0 Å². The number of hydrogen-bond donors (Lipinski definition) is 5. The zero-order valence-electron chi connectivity index (χ0n) is 5.21. The molecule has 0 bridgehead atoms. The Labute approximate surface area is 49.1 Å². The molecule has 5 heteroatoms. The van der Waals surface area contributed by atoms with Gasteiger partial charge in [0.25, 0.3) is 0 Å². The average molecular weight is 119 g/mol. The van der Waals surface area contributed by atoms with E-state index in [0.29, 0.717) is 0 Å². The van der Waals surface area contributed by atoms with Crippen molar-refractivity contribution < 1.29 is 0 Å². The molecule has 0 saturated heterocycles. The molecule has 0 aliphatic rings.